The highest BCUT2D eigenvalue weighted by molar-refractivity contribution is 6.30. The number of aromatic hydroxyl groups is 1. The molecule has 1 amide bonds. The molecule has 0 fully saturated rings. The van der Waals surface area contributed by atoms with Gasteiger partial charge in [0.05, 0.1) is 6.04 Å². The van der Waals surface area contributed by atoms with E-state index < -0.39 is 18.5 Å². The topological polar surface area (TPSA) is 75.6 Å². The van der Waals surface area contributed by atoms with Crippen LogP contribution < -0.4 is 5.32 Å². The highest BCUT2D eigenvalue weighted by Gasteiger charge is 2.16. The number of esters is 1. The Labute approximate surface area is 161 Å². The van der Waals surface area contributed by atoms with Crippen LogP contribution in [0.4, 0.5) is 0 Å². The van der Waals surface area contributed by atoms with Gasteiger partial charge in [0.15, 0.2) is 6.61 Å². The van der Waals surface area contributed by atoms with Gasteiger partial charge in [0.1, 0.15) is 11.3 Å². The second kappa shape index (κ2) is 8.10. The average Bonchev–Trinajstić information content (AvgIpc) is 2.66. The average molecular weight is 384 g/mol. The Bertz CT molecular complexity index is 985. The first kappa shape index (κ1) is 18.7. The minimum Gasteiger partial charge on any atom is -0.507 e. The summed E-state index contributed by atoms with van der Waals surface area (Å²) in [6.45, 7) is 1.38. The van der Waals surface area contributed by atoms with Crippen LogP contribution in [0.15, 0.2) is 60.7 Å². The van der Waals surface area contributed by atoms with Crippen molar-refractivity contribution in [2.45, 2.75) is 13.0 Å². The predicted octanol–water partition coefficient (Wildman–Crippen LogP) is 4.23. The molecule has 1 atom stereocenters. The molecule has 0 aliphatic rings. The molecule has 0 saturated heterocycles. The zero-order chi connectivity index (χ0) is 19.4. The Kier molecular flexibility index (Phi) is 5.62. The zero-order valence-electron chi connectivity index (χ0n) is 14.6. The van der Waals surface area contributed by atoms with E-state index in [-0.39, 0.29) is 17.4 Å². The van der Waals surface area contributed by atoms with Gasteiger partial charge < -0.3 is 15.2 Å². The van der Waals surface area contributed by atoms with Gasteiger partial charge in [-0.2, -0.15) is 0 Å². The largest absolute Gasteiger partial charge is 0.507 e. The lowest BCUT2D eigenvalue weighted by molar-refractivity contribution is -0.124. The summed E-state index contributed by atoms with van der Waals surface area (Å²) in [5.74, 6) is -1.38. The number of phenols is 1. The molecule has 0 bridgehead atoms. The normalized spacial score (nSPS) is 11.8. The van der Waals surface area contributed by atoms with E-state index in [1.165, 1.54) is 6.07 Å². The van der Waals surface area contributed by atoms with Crippen LogP contribution >= 0.6 is 11.6 Å². The van der Waals surface area contributed by atoms with E-state index in [0.717, 1.165) is 16.3 Å². The highest BCUT2D eigenvalue weighted by atomic mass is 35.5. The number of carbonyl (C=O) groups is 2. The molecule has 0 aliphatic carbocycles. The van der Waals surface area contributed by atoms with E-state index in [1.807, 2.05) is 43.3 Å². The molecule has 2 N–H and O–H groups in total. The van der Waals surface area contributed by atoms with E-state index >= 15 is 0 Å². The summed E-state index contributed by atoms with van der Waals surface area (Å²) in [6.07, 6.45) is 0. The predicted molar refractivity (Wildman–Crippen MR) is 104 cm³/mol. The van der Waals surface area contributed by atoms with Crippen LogP contribution in [0.2, 0.25) is 5.02 Å². The molecule has 0 heterocycles. The van der Waals surface area contributed by atoms with Crippen LogP contribution in [0, 0.1) is 0 Å². The number of hydrogen-bond acceptors (Lipinski definition) is 4. The number of halogens is 1. The lowest BCUT2D eigenvalue weighted by atomic mass is 10.1. The second-order valence-electron chi connectivity index (χ2n) is 6.13. The SMILES string of the molecule is C[C@H](NC(=O)COC(=O)c1cc2ccccc2cc1O)c1ccc(Cl)cc1. The van der Waals surface area contributed by atoms with Crippen molar-refractivity contribution < 1.29 is 19.4 Å². The van der Waals surface area contributed by atoms with Gasteiger partial charge in [-0.05, 0) is 47.5 Å². The van der Waals surface area contributed by atoms with Crippen molar-refractivity contribution >= 4 is 34.2 Å². The number of ether oxygens (including phenoxy) is 1. The summed E-state index contributed by atoms with van der Waals surface area (Å²) in [4.78, 5) is 24.3. The summed E-state index contributed by atoms with van der Waals surface area (Å²) in [6, 6.07) is 17.2. The van der Waals surface area contributed by atoms with Crippen molar-refractivity contribution in [2.75, 3.05) is 6.61 Å². The molecular weight excluding hydrogens is 366 g/mol. The fraction of sp³-hybridized carbons (Fsp3) is 0.143. The van der Waals surface area contributed by atoms with Gasteiger partial charge in [-0.3, -0.25) is 4.79 Å². The fourth-order valence-electron chi connectivity index (χ4n) is 2.72. The third-order valence-corrected chi connectivity index (χ3v) is 4.42. The molecule has 27 heavy (non-hydrogen) atoms. The number of carbonyl (C=O) groups excluding carboxylic acids is 2. The molecule has 5 nitrogen and oxygen atoms in total. The van der Waals surface area contributed by atoms with Crippen molar-refractivity contribution in [1.29, 1.82) is 0 Å². The summed E-state index contributed by atoms with van der Waals surface area (Å²) in [7, 11) is 0. The molecule has 3 rings (SSSR count). The molecule has 0 unspecified atom stereocenters. The number of hydrogen-bond donors (Lipinski definition) is 2. The maximum atomic E-state index is 12.2. The number of nitrogens with one attached hydrogen (secondary N) is 1. The van der Waals surface area contributed by atoms with E-state index in [0.29, 0.717) is 5.02 Å². The molecular formula is C21H18ClNO4. The molecule has 3 aromatic rings. The van der Waals surface area contributed by atoms with Gasteiger partial charge in [0.25, 0.3) is 5.91 Å². The van der Waals surface area contributed by atoms with E-state index in [1.54, 1.807) is 18.2 Å². The van der Waals surface area contributed by atoms with Crippen LogP contribution in [-0.2, 0) is 9.53 Å². The molecule has 3 aromatic carbocycles. The minimum absolute atomic E-state index is 0.0206. The summed E-state index contributed by atoms with van der Waals surface area (Å²) >= 11 is 5.85. The van der Waals surface area contributed by atoms with Crippen LogP contribution in [0.25, 0.3) is 10.8 Å². The quantitative estimate of drug-likeness (QED) is 0.646. The Balaban J connectivity index is 1.61. The molecule has 0 radical (unpaired) electrons. The molecule has 0 spiro atoms. The Hall–Kier alpha value is -3.05. The maximum absolute atomic E-state index is 12.2. The second-order valence-corrected chi connectivity index (χ2v) is 6.57. The number of fused-ring (bicyclic) bond motifs is 1. The van der Waals surface area contributed by atoms with Crippen LogP contribution in [0.3, 0.4) is 0 Å². The van der Waals surface area contributed by atoms with Gasteiger partial charge in [0.2, 0.25) is 0 Å². The van der Waals surface area contributed by atoms with Gasteiger partial charge in [-0.1, -0.05) is 48.0 Å². The van der Waals surface area contributed by atoms with E-state index in [9.17, 15) is 14.7 Å². The monoisotopic (exact) mass is 383 g/mol. The lowest BCUT2D eigenvalue weighted by Gasteiger charge is -2.14. The Morgan fingerprint density at radius 1 is 1.07 bits per heavy atom. The van der Waals surface area contributed by atoms with Crippen LogP contribution in [0.1, 0.15) is 28.9 Å². The minimum atomic E-state index is -0.757. The van der Waals surface area contributed by atoms with Gasteiger partial charge in [-0.25, -0.2) is 4.79 Å². The first-order chi connectivity index (χ1) is 12.9. The first-order valence-electron chi connectivity index (χ1n) is 8.38. The van der Waals surface area contributed by atoms with Gasteiger partial charge in [-0.15, -0.1) is 0 Å². The lowest BCUT2D eigenvalue weighted by Crippen LogP contribution is -2.31. The number of phenolic OH excluding ortho intramolecular Hbond substituents is 1. The highest BCUT2D eigenvalue weighted by Crippen LogP contribution is 2.25. The smallest absolute Gasteiger partial charge is 0.342 e. The Morgan fingerprint density at radius 3 is 2.37 bits per heavy atom. The van der Waals surface area contributed by atoms with Gasteiger partial charge >= 0.3 is 5.97 Å². The summed E-state index contributed by atoms with van der Waals surface area (Å²) < 4.78 is 5.04. The van der Waals surface area contributed by atoms with E-state index in [2.05, 4.69) is 5.32 Å². The molecule has 0 saturated carbocycles. The first-order valence-corrected chi connectivity index (χ1v) is 8.75. The number of rotatable bonds is 5. The number of benzene rings is 3. The van der Waals surface area contributed by atoms with Crippen molar-refractivity contribution in [2.24, 2.45) is 0 Å². The Morgan fingerprint density at radius 2 is 1.70 bits per heavy atom. The van der Waals surface area contributed by atoms with Crippen LogP contribution in [0.5, 0.6) is 5.75 Å². The van der Waals surface area contributed by atoms with E-state index in [4.69, 9.17) is 16.3 Å². The standard InChI is InChI=1S/C21H18ClNO4/c1-13(14-6-8-17(22)9-7-14)23-20(25)12-27-21(26)18-10-15-4-2-3-5-16(15)11-19(18)24/h2-11,13,24H,12H2,1H3,(H,23,25)/t13-/m0/s1. The third-order valence-electron chi connectivity index (χ3n) is 4.17. The van der Waals surface area contributed by atoms with Crippen molar-refractivity contribution in [3.63, 3.8) is 0 Å². The van der Waals surface area contributed by atoms with Crippen LogP contribution in [-0.4, -0.2) is 23.6 Å². The van der Waals surface area contributed by atoms with Crippen molar-refractivity contribution in [1.82, 2.24) is 5.32 Å². The molecule has 138 valence electrons. The fourth-order valence-corrected chi connectivity index (χ4v) is 2.84. The zero-order valence-corrected chi connectivity index (χ0v) is 15.4. The molecule has 0 aliphatic heterocycles. The van der Waals surface area contributed by atoms with Crippen molar-refractivity contribution in [3.05, 3.63) is 76.8 Å². The number of amides is 1. The molecule has 6 heteroatoms. The summed E-state index contributed by atoms with van der Waals surface area (Å²) in [5, 5.41) is 15.0. The summed E-state index contributed by atoms with van der Waals surface area (Å²) in [5.41, 5.74) is 0.901. The van der Waals surface area contributed by atoms with Crippen molar-refractivity contribution in [3.8, 4) is 5.75 Å². The maximum Gasteiger partial charge on any atom is 0.342 e. The molecule has 0 aromatic heterocycles. The third kappa shape index (κ3) is 4.57. The van der Waals surface area contributed by atoms with Gasteiger partial charge in [0, 0.05) is 5.02 Å².